The van der Waals surface area contributed by atoms with E-state index in [1.165, 1.54) is 77.6 Å². The monoisotopic (exact) mass is 484 g/mol. The number of hydrogen-bond acceptors (Lipinski definition) is 5. The van der Waals surface area contributed by atoms with Crippen LogP contribution in [-0.2, 0) is 19.1 Å². The third-order valence-corrected chi connectivity index (χ3v) is 5.78. The summed E-state index contributed by atoms with van der Waals surface area (Å²) in [5, 5.41) is 5.05. The maximum absolute atomic E-state index is 12.2. The minimum atomic E-state index is -0.918. The lowest BCUT2D eigenvalue weighted by Gasteiger charge is -2.17. The van der Waals surface area contributed by atoms with E-state index in [0.717, 1.165) is 25.7 Å². The van der Waals surface area contributed by atoms with Gasteiger partial charge in [-0.3, -0.25) is 4.79 Å². The van der Waals surface area contributed by atoms with Crippen LogP contribution in [0.1, 0.15) is 124 Å². The van der Waals surface area contributed by atoms with Gasteiger partial charge in [-0.2, -0.15) is 0 Å². The molecule has 2 N–H and O–H groups in total. The molecule has 0 spiro atoms. The summed E-state index contributed by atoms with van der Waals surface area (Å²) in [6.45, 7) is 8.24. The third-order valence-electron chi connectivity index (χ3n) is 5.78. The number of ether oxygens (including phenoxy) is 2. The smallest absolute Gasteiger partial charge is 0.407 e. The Labute approximate surface area is 208 Å². The molecule has 0 aromatic heterocycles. The fourth-order valence-electron chi connectivity index (χ4n) is 3.63. The fourth-order valence-corrected chi connectivity index (χ4v) is 3.63. The second-order valence-electron chi connectivity index (χ2n) is 9.72. The van der Waals surface area contributed by atoms with Crippen molar-refractivity contribution in [2.75, 3.05) is 19.8 Å². The molecule has 0 saturated heterocycles. The van der Waals surface area contributed by atoms with Crippen LogP contribution in [-0.4, -0.2) is 43.8 Å². The van der Waals surface area contributed by atoms with Crippen molar-refractivity contribution in [2.24, 2.45) is 5.92 Å². The molecule has 7 nitrogen and oxygen atoms in total. The van der Waals surface area contributed by atoms with Crippen molar-refractivity contribution in [1.29, 1.82) is 0 Å². The van der Waals surface area contributed by atoms with E-state index >= 15 is 0 Å². The van der Waals surface area contributed by atoms with Gasteiger partial charge in [-0.05, 0) is 18.8 Å². The SMILES string of the molecule is CCCCCCCCCCCCCCCCOC(=O)NCC(NC(C)=O)C(=O)OCCC(C)C. The molecule has 1 atom stereocenters. The summed E-state index contributed by atoms with van der Waals surface area (Å²) in [4.78, 5) is 35.4. The highest BCUT2D eigenvalue weighted by atomic mass is 16.5. The predicted molar refractivity (Wildman–Crippen MR) is 138 cm³/mol. The topological polar surface area (TPSA) is 93.7 Å². The molecular weight excluding hydrogens is 432 g/mol. The Morgan fingerprint density at radius 2 is 1.21 bits per heavy atom. The molecule has 2 amide bonds. The summed E-state index contributed by atoms with van der Waals surface area (Å²) in [6, 6.07) is -0.918. The van der Waals surface area contributed by atoms with Gasteiger partial charge < -0.3 is 20.1 Å². The largest absolute Gasteiger partial charge is 0.464 e. The quantitative estimate of drug-likeness (QED) is 0.139. The second-order valence-corrected chi connectivity index (χ2v) is 9.72. The standard InChI is InChI=1S/C27H52N2O5/c1-5-6-7-8-9-10-11-12-13-14-15-16-17-18-20-34-27(32)28-22-25(29-24(4)30)26(31)33-21-19-23(2)3/h23,25H,5-22H2,1-4H3,(H,28,32)(H,29,30). The van der Waals surface area contributed by atoms with Crippen LogP contribution in [0, 0.1) is 5.92 Å². The van der Waals surface area contributed by atoms with Crippen molar-refractivity contribution < 1.29 is 23.9 Å². The Bertz CT molecular complexity index is 525. The zero-order valence-electron chi connectivity index (χ0n) is 22.4. The summed E-state index contributed by atoms with van der Waals surface area (Å²) in [5.74, 6) is -0.499. The molecule has 0 heterocycles. The van der Waals surface area contributed by atoms with Crippen molar-refractivity contribution in [2.45, 2.75) is 130 Å². The third kappa shape index (κ3) is 22.0. The molecule has 0 rings (SSSR count). The van der Waals surface area contributed by atoms with E-state index in [4.69, 9.17) is 9.47 Å². The van der Waals surface area contributed by atoms with E-state index in [9.17, 15) is 14.4 Å². The predicted octanol–water partition coefficient (Wildman–Crippen LogP) is 6.29. The highest BCUT2D eigenvalue weighted by molar-refractivity contribution is 5.84. The molecule has 0 radical (unpaired) electrons. The number of nitrogens with one attached hydrogen (secondary N) is 2. The molecule has 7 heteroatoms. The van der Waals surface area contributed by atoms with E-state index in [2.05, 4.69) is 17.6 Å². The Morgan fingerprint density at radius 3 is 1.68 bits per heavy atom. The summed E-state index contributed by atoms with van der Waals surface area (Å²) in [6.07, 6.45) is 18.0. The van der Waals surface area contributed by atoms with Crippen LogP contribution < -0.4 is 10.6 Å². The van der Waals surface area contributed by atoms with Gasteiger partial charge >= 0.3 is 12.1 Å². The van der Waals surface area contributed by atoms with Crippen LogP contribution in [0.3, 0.4) is 0 Å². The van der Waals surface area contributed by atoms with Crippen LogP contribution in [0.15, 0.2) is 0 Å². The van der Waals surface area contributed by atoms with Gasteiger partial charge in [-0.1, -0.05) is 104 Å². The van der Waals surface area contributed by atoms with Crippen molar-refractivity contribution in [3.63, 3.8) is 0 Å². The normalized spacial score (nSPS) is 11.8. The van der Waals surface area contributed by atoms with Gasteiger partial charge in [0, 0.05) is 6.92 Å². The molecule has 0 aliphatic rings. The van der Waals surface area contributed by atoms with Crippen molar-refractivity contribution >= 4 is 18.0 Å². The average Bonchev–Trinajstić information content (AvgIpc) is 2.78. The first kappa shape index (κ1) is 32.2. The molecule has 0 aliphatic heterocycles. The van der Waals surface area contributed by atoms with Crippen molar-refractivity contribution in [3.8, 4) is 0 Å². The molecule has 0 fully saturated rings. The molecule has 0 aromatic carbocycles. The van der Waals surface area contributed by atoms with Gasteiger partial charge in [0.1, 0.15) is 6.04 Å². The Morgan fingerprint density at radius 1 is 0.706 bits per heavy atom. The lowest BCUT2D eigenvalue weighted by molar-refractivity contribution is -0.147. The van der Waals surface area contributed by atoms with Gasteiger partial charge in [-0.25, -0.2) is 9.59 Å². The zero-order chi connectivity index (χ0) is 25.4. The zero-order valence-corrected chi connectivity index (χ0v) is 22.4. The number of unbranched alkanes of at least 4 members (excludes halogenated alkanes) is 13. The first-order chi connectivity index (χ1) is 16.4. The summed E-state index contributed by atoms with van der Waals surface area (Å²) < 4.78 is 10.4. The van der Waals surface area contributed by atoms with Crippen molar-refractivity contribution in [1.82, 2.24) is 10.6 Å². The van der Waals surface area contributed by atoms with Gasteiger partial charge in [-0.15, -0.1) is 0 Å². The summed E-state index contributed by atoms with van der Waals surface area (Å²) in [7, 11) is 0. The number of alkyl carbamates (subject to hydrolysis) is 1. The molecule has 0 bridgehead atoms. The molecular formula is C27H52N2O5. The number of hydrogen-bond donors (Lipinski definition) is 2. The first-order valence-corrected chi connectivity index (χ1v) is 13.7. The van der Waals surface area contributed by atoms with E-state index in [0.29, 0.717) is 12.5 Å². The van der Waals surface area contributed by atoms with Crippen LogP contribution in [0.4, 0.5) is 4.79 Å². The second kappa shape index (κ2) is 23.0. The molecule has 1 unspecified atom stereocenters. The van der Waals surface area contributed by atoms with E-state index in [1.54, 1.807) is 0 Å². The van der Waals surface area contributed by atoms with E-state index < -0.39 is 18.1 Å². The molecule has 0 aliphatic carbocycles. The Kier molecular flexibility index (Phi) is 21.8. The maximum atomic E-state index is 12.2. The molecule has 0 aromatic rings. The Hall–Kier alpha value is -1.79. The summed E-state index contributed by atoms with van der Waals surface area (Å²) in [5.41, 5.74) is 0. The lowest BCUT2D eigenvalue weighted by Crippen LogP contribution is -2.48. The molecule has 34 heavy (non-hydrogen) atoms. The van der Waals surface area contributed by atoms with Crippen molar-refractivity contribution in [3.05, 3.63) is 0 Å². The van der Waals surface area contributed by atoms with Gasteiger partial charge in [0.2, 0.25) is 5.91 Å². The number of carbonyl (C=O) groups is 3. The fraction of sp³-hybridized carbons (Fsp3) is 0.889. The maximum Gasteiger partial charge on any atom is 0.407 e. The number of rotatable bonds is 22. The summed E-state index contributed by atoms with van der Waals surface area (Å²) >= 11 is 0. The lowest BCUT2D eigenvalue weighted by atomic mass is 10.0. The van der Waals surface area contributed by atoms with Crippen LogP contribution >= 0.6 is 0 Å². The highest BCUT2D eigenvalue weighted by Gasteiger charge is 2.22. The Balaban J connectivity index is 3.69. The number of amides is 2. The average molecular weight is 485 g/mol. The van der Waals surface area contributed by atoms with Crippen LogP contribution in [0.2, 0.25) is 0 Å². The molecule has 200 valence electrons. The van der Waals surface area contributed by atoms with E-state index in [1.807, 2.05) is 13.8 Å². The van der Waals surface area contributed by atoms with Gasteiger partial charge in [0.25, 0.3) is 0 Å². The van der Waals surface area contributed by atoms with Gasteiger partial charge in [0.05, 0.1) is 19.8 Å². The van der Waals surface area contributed by atoms with E-state index in [-0.39, 0.29) is 19.1 Å². The van der Waals surface area contributed by atoms with Crippen LogP contribution in [0.5, 0.6) is 0 Å². The number of esters is 1. The van der Waals surface area contributed by atoms with Gasteiger partial charge in [0.15, 0.2) is 0 Å². The number of carbonyl (C=O) groups excluding carboxylic acids is 3. The molecule has 0 saturated carbocycles. The highest BCUT2D eigenvalue weighted by Crippen LogP contribution is 2.13. The minimum absolute atomic E-state index is 0.0579. The van der Waals surface area contributed by atoms with Crippen LogP contribution in [0.25, 0.3) is 0 Å². The minimum Gasteiger partial charge on any atom is -0.464 e. The first-order valence-electron chi connectivity index (χ1n) is 13.7.